The van der Waals surface area contributed by atoms with Crippen LogP contribution in [0.2, 0.25) is 5.02 Å². The number of rotatable bonds is 5. The van der Waals surface area contributed by atoms with E-state index in [-0.39, 0.29) is 27.7 Å². The molecule has 0 spiro atoms. The molecule has 2 heterocycles. The number of halogens is 1. The molecule has 0 radical (unpaired) electrons. The summed E-state index contributed by atoms with van der Waals surface area (Å²) in [4.78, 5) is 28.8. The molecule has 194 valence electrons. The number of anilines is 1. The molecule has 0 aliphatic carbocycles. The maximum Gasteiger partial charge on any atom is 0.300 e. The fourth-order valence-corrected chi connectivity index (χ4v) is 5.29. The second-order valence-electron chi connectivity index (χ2n) is 9.34. The van der Waals surface area contributed by atoms with Gasteiger partial charge in [-0.15, -0.1) is 0 Å². The third-order valence-electron chi connectivity index (χ3n) is 7.16. The molecule has 0 bridgehead atoms. The van der Waals surface area contributed by atoms with Gasteiger partial charge in [-0.25, -0.2) is 0 Å². The Kier molecular flexibility index (Phi) is 6.41. The highest BCUT2D eigenvalue weighted by atomic mass is 35.5. The second kappa shape index (κ2) is 9.58. The molecular formula is C30H27ClN2O5. The molecule has 1 aliphatic heterocycles. The predicted octanol–water partition coefficient (Wildman–Crippen LogP) is 6.09. The van der Waals surface area contributed by atoms with Gasteiger partial charge in [0.2, 0.25) is 0 Å². The predicted molar refractivity (Wildman–Crippen MR) is 148 cm³/mol. The average molecular weight is 531 g/mol. The first-order valence-corrected chi connectivity index (χ1v) is 12.4. The van der Waals surface area contributed by atoms with Gasteiger partial charge in [0, 0.05) is 41.5 Å². The van der Waals surface area contributed by atoms with Gasteiger partial charge in [-0.05, 0) is 49.2 Å². The van der Waals surface area contributed by atoms with Crippen LogP contribution in [0.5, 0.6) is 11.5 Å². The first-order valence-electron chi connectivity index (χ1n) is 12.0. The van der Waals surface area contributed by atoms with Gasteiger partial charge in [0.25, 0.3) is 11.7 Å². The Balaban J connectivity index is 1.83. The van der Waals surface area contributed by atoms with Crippen molar-refractivity contribution >= 4 is 45.6 Å². The summed E-state index contributed by atoms with van der Waals surface area (Å²) in [5.41, 5.74) is 4.37. The van der Waals surface area contributed by atoms with Crippen molar-refractivity contribution < 1.29 is 24.2 Å². The Morgan fingerprint density at radius 3 is 2.34 bits per heavy atom. The summed E-state index contributed by atoms with van der Waals surface area (Å²) in [5, 5.41) is 12.8. The van der Waals surface area contributed by atoms with Crippen LogP contribution >= 0.6 is 11.6 Å². The Labute approximate surface area is 225 Å². The van der Waals surface area contributed by atoms with Gasteiger partial charge in [-0.1, -0.05) is 35.9 Å². The number of fused-ring (bicyclic) bond motifs is 1. The molecule has 1 N–H and O–H groups in total. The van der Waals surface area contributed by atoms with Crippen molar-refractivity contribution in [3.8, 4) is 11.5 Å². The number of amides is 1. The molecule has 1 saturated heterocycles. The van der Waals surface area contributed by atoms with Gasteiger partial charge in [0.1, 0.15) is 17.3 Å². The molecule has 1 fully saturated rings. The number of carbonyl (C=O) groups is 2. The number of ketones is 1. The van der Waals surface area contributed by atoms with Gasteiger partial charge in [-0.3, -0.25) is 14.5 Å². The number of aliphatic hydroxyl groups excluding tert-OH is 1. The summed E-state index contributed by atoms with van der Waals surface area (Å²) in [7, 11) is 4.81. The molecule has 1 aliphatic rings. The highest BCUT2D eigenvalue weighted by molar-refractivity contribution is 6.52. The van der Waals surface area contributed by atoms with Crippen LogP contribution in [0.25, 0.3) is 16.7 Å². The van der Waals surface area contributed by atoms with E-state index in [1.54, 1.807) is 0 Å². The zero-order valence-corrected chi connectivity index (χ0v) is 22.5. The van der Waals surface area contributed by atoms with Crippen LogP contribution in [0.1, 0.15) is 28.3 Å². The monoisotopic (exact) mass is 530 g/mol. The molecule has 1 atom stereocenters. The lowest BCUT2D eigenvalue weighted by Crippen LogP contribution is -2.29. The summed E-state index contributed by atoms with van der Waals surface area (Å²) in [6.07, 6.45) is 1.89. The van der Waals surface area contributed by atoms with Crippen LogP contribution in [0.4, 0.5) is 5.69 Å². The second-order valence-corrected chi connectivity index (χ2v) is 9.74. The van der Waals surface area contributed by atoms with E-state index < -0.39 is 17.7 Å². The summed E-state index contributed by atoms with van der Waals surface area (Å²) >= 11 is 6.39. The largest absolute Gasteiger partial charge is 0.507 e. The van der Waals surface area contributed by atoms with Gasteiger partial charge in [-0.2, -0.15) is 0 Å². The summed E-state index contributed by atoms with van der Waals surface area (Å²) in [5.74, 6) is -1.31. The lowest BCUT2D eigenvalue weighted by Gasteiger charge is -2.26. The number of aromatic nitrogens is 1. The molecule has 0 saturated carbocycles. The molecule has 5 rings (SSSR count). The van der Waals surface area contributed by atoms with E-state index >= 15 is 0 Å². The number of ether oxygens (including phenoxy) is 2. The molecule has 38 heavy (non-hydrogen) atoms. The Hall–Kier alpha value is -4.23. The van der Waals surface area contributed by atoms with Crippen LogP contribution in [0, 0.1) is 13.8 Å². The van der Waals surface area contributed by atoms with E-state index in [1.807, 2.05) is 74.1 Å². The van der Waals surface area contributed by atoms with Gasteiger partial charge in [0.15, 0.2) is 0 Å². The lowest BCUT2D eigenvalue weighted by atomic mass is 9.94. The highest BCUT2D eigenvalue weighted by Crippen LogP contribution is 2.46. The molecule has 1 amide bonds. The summed E-state index contributed by atoms with van der Waals surface area (Å²) in [6.45, 7) is 3.93. The smallest absolute Gasteiger partial charge is 0.300 e. The number of Topliss-reactive ketones (excluding diaryl/α,β-unsaturated/α-hetero) is 1. The lowest BCUT2D eigenvalue weighted by molar-refractivity contribution is -0.132. The zero-order valence-electron chi connectivity index (χ0n) is 21.7. The minimum atomic E-state index is -0.895. The molecular weight excluding hydrogens is 504 g/mol. The van der Waals surface area contributed by atoms with E-state index in [0.717, 1.165) is 22.0 Å². The number of benzene rings is 3. The van der Waals surface area contributed by atoms with Crippen molar-refractivity contribution in [2.24, 2.45) is 7.05 Å². The summed E-state index contributed by atoms with van der Waals surface area (Å²) < 4.78 is 12.7. The maximum atomic E-state index is 13.7. The zero-order chi connectivity index (χ0) is 27.3. The quantitative estimate of drug-likeness (QED) is 0.192. The van der Waals surface area contributed by atoms with E-state index in [9.17, 15) is 14.7 Å². The third-order valence-corrected chi connectivity index (χ3v) is 7.46. The number of aliphatic hydroxyl groups is 1. The normalized spacial score (nSPS) is 16.9. The van der Waals surface area contributed by atoms with Crippen LogP contribution in [-0.4, -0.2) is 35.6 Å². The van der Waals surface area contributed by atoms with Crippen molar-refractivity contribution in [2.75, 3.05) is 19.1 Å². The Bertz CT molecular complexity index is 1650. The average Bonchev–Trinajstić information content (AvgIpc) is 3.38. The molecule has 3 aromatic carbocycles. The molecule has 1 aromatic heterocycles. The van der Waals surface area contributed by atoms with Crippen LogP contribution in [-0.2, 0) is 16.6 Å². The highest BCUT2D eigenvalue weighted by Gasteiger charge is 2.48. The van der Waals surface area contributed by atoms with E-state index in [4.69, 9.17) is 21.1 Å². The van der Waals surface area contributed by atoms with Crippen molar-refractivity contribution in [3.05, 3.63) is 93.6 Å². The first kappa shape index (κ1) is 25.4. The van der Waals surface area contributed by atoms with Crippen molar-refractivity contribution in [1.82, 2.24) is 4.57 Å². The van der Waals surface area contributed by atoms with Crippen molar-refractivity contribution in [3.63, 3.8) is 0 Å². The van der Waals surface area contributed by atoms with Crippen molar-refractivity contribution in [1.29, 1.82) is 0 Å². The van der Waals surface area contributed by atoms with E-state index in [1.165, 1.54) is 31.3 Å². The maximum absolute atomic E-state index is 13.7. The summed E-state index contributed by atoms with van der Waals surface area (Å²) in [6, 6.07) is 15.5. The number of aryl methyl sites for hydroxylation is 3. The number of hydrogen-bond donors (Lipinski definition) is 1. The third kappa shape index (κ3) is 3.90. The standard InChI is InChI=1S/C30H27ClN2O5/c1-16-10-11-18(12-17(16)2)33-27(21-15-32(3)23-9-7-6-8-19(21)23)26(29(35)30(33)36)28(34)20-13-22(31)25(38-5)14-24(20)37-4/h6-15,27,34H,1-5H3/b28-26+. The van der Waals surface area contributed by atoms with Gasteiger partial charge in [0.05, 0.1) is 36.4 Å². The first-order chi connectivity index (χ1) is 18.2. The number of methoxy groups -OCH3 is 2. The molecule has 8 heteroatoms. The number of carbonyl (C=O) groups excluding carboxylic acids is 2. The number of para-hydroxylation sites is 1. The van der Waals surface area contributed by atoms with Crippen LogP contribution in [0.15, 0.2) is 66.4 Å². The Morgan fingerprint density at radius 2 is 1.66 bits per heavy atom. The SMILES string of the molecule is COc1cc(OC)c(/C(O)=C2\C(=O)C(=O)N(c3ccc(C)c(C)c3)C2c2cn(C)c3ccccc23)cc1Cl. The van der Waals surface area contributed by atoms with Crippen LogP contribution in [0.3, 0.4) is 0 Å². The number of hydrogen-bond acceptors (Lipinski definition) is 5. The fourth-order valence-electron chi connectivity index (χ4n) is 5.05. The molecule has 4 aromatic rings. The van der Waals surface area contributed by atoms with E-state index in [2.05, 4.69) is 0 Å². The van der Waals surface area contributed by atoms with E-state index in [0.29, 0.717) is 17.0 Å². The fraction of sp³-hybridized carbons (Fsp3) is 0.200. The minimum Gasteiger partial charge on any atom is -0.507 e. The molecule has 7 nitrogen and oxygen atoms in total. The van der Waals surface area contributed by atoms with Gasteiger partial charge >= 0.3 is 0 Å². The topological polar surface area (TPSA) is 81.0 Å². The Morgan fingerprint density at radius 1 is 0.947 bits per heavy atom. The van der Waals surface area contributed by atoms with Crippen LogP contribution < -0.4 is 14.4 Å². The van der Waals surface area contributed by atoms with Gasteiger partial charge < -0.3 is 19.1 Å². The minimum absolute atomic E-state index is 0.0517. The number of nitrogens with zero attached hydrogens (tertiary/aromatic N) is 2. The molecule has 1 unspecified atom stereocenters. The van der Waals surface area contributed by atoms with Crippen molar-refractivity contribution in [2.45, 2.75) is 19.9 Å².